The monoisotopic (exact) mass is 228 g/mol. The summed E-state index contributed by atoms with van der Waals surface area (Å²) in [6, 6.07) is 0.508. The van der Waals surface area contributed by atoms with Gasteiger partial charge in [-0.1, -0.05) is 0 Å². The van der Waals surface area contributed by atoms with Crippen molar-refractivity contribution in [2.75, 3.05) is 18.4 Å². The predicted molar refractivity (Wildman–Crippen MR) is 50.0 cm³/mol. The molecule has 1 aromatic heterocycles. The maximum Gasteiger partial charge on any atom is 0.146 e. The van der Waals surface area contributed by atoms with Gasteiger partial charge < -0.3 is 10.6 Å². The van der Waals surface area contributed by atoms with Crippen molar-refractivity contribution in [1.82, 2.24) is 15.3 Å². The van der Waals surface area contributed by atoms with Gasteiger partial charge in [0.05, 0.1) is 18.4 Å². The first-order valence-corrected chi connectivity index (χ1v) is 4.59. The molecule has 0 amide bonds. The molecule has 2 heterocycles. The summed E-state index contributed by atoms with van der Waals surface area (Å²) in [5.74, 6) is 0.830. The molecule has 1 aliphatic heterocycles. The van der Waals surface area contributed by atoms with Crippen LogP contribution in [0.25, 0.3) is 0 Å². The minimum absolute atomic E-state index is 0.508. The molecule has 0 aromatic carbocycles. The molecule has 1 saturated heterocycles. The molecule has 0 spiro atoms. The zero-order valence-corrected chi connectivity index (χ0v) is 8.00. The Balaban J connectivity index is 2.02. The zero-order chi connectivity index (χ0) is 8.39. The Labute approximate surface area is 78.9 Å². The summed E-state index contributed by atoms with van der Waals surface area (Å²) < 4.78 is 0.764. The fraction of sp³-hybridized carbons (Fsp3) is 0.429. The number of halogens is 1. The highest BCUT2D eigenvalue weighted by atomic mass is 79.9. The largest absolute Gasteiger partial charge is 0.363 e. The second-order valence-electron chi connectivity index (χ2n) is 2.73. The molecule has 5 heteroatoms. The van der Waals surface area contributed by atoms with E-state index in [-0.39, 0.29) is 0 Å². The van der Waals surface area contributed by atoms with Crippen molar-refractivity contribution in [3.8, 4) is 0 Å². The molecule has 12 heavy (non-hydrogen) atoms. The van der Waals surface area contributed by atoms with Crippen molar-refractivity contribution < 1.29 is 0 Å². The van der Waals surface area contributed by atoms with Gasteiger partial charge in [-0.25, -0.2) is 4.98 Å². The van der Waals surface area contributed by atoms with E-state index in [9.17, 15) is 0 Å². The van der Waals surface area contributed by atoms with Crippen LogP contribution in [0.4, 0.5) is 5.82 Å². The van der Waals surface area contributed by atoms with Crippen LogP contribution < -0.4 is 10.6 Å². The predicted octanol–water partition coefficient (Wildman–Crippen LogP) is 0.623. The highest BCUT2D eigenvalue weighted by molar-refractivity contribution is 9.10. The summed E-state index contributed by atoms with van der Waals surface area (Å²) in [6.07, 6.45) is 3.40. The lowest BCUT2D eigenvalue weighted by molar-refractivity contribution is 0.471. The first-order valence-electron chi connectivity index (χ1n) is 3.79. The average Bonchev–Trinajstić information content (AvgIpc) is 1.97. The van der Waals surface area contributed by atoms with Gasteiger partial charge >= 0.3 is 0 Å². The number of hydrogen-bond acceptors (Lipinski definition) is 4. The van der Waals surface area contributed by atoms with Gasteiger partial charge in [-0.05, 0) is 15.9 Å². The van der Waals surface area contributed by atoms with E-state index in [0.717, 1.165) is 23.5 Å². The lowest BCUT2D eigenvalue weighted by Gasteiger charge is -2.28. The van der Waals surface area contributed by atoms with Gasteiger partial charge in [-0.3, -0.25) is 4.98 Å². The molecule has 1 aliphatic rings. The van der Waals surface area contributed by atoms with Crippen LogP contribution in [-0.4, -0.2) is 29.1 Å². The van der Waals surface area contributed by atoms with Gasteiger partial charge in [-0.2, -0.15) is 0 Å². The molecule has 2 N–H and O–H groups in total. The molecule has 0 atom stereocenters. The lowest BCUT2D eigenvalue weighted by atomic mass is 10.2. The van der Waals surface area contributed by atoms with Gasteiger partial charge in [0.1, 0.15) is 10.4 Å². The van der Waals surface area contributed by atoms with Crippen molar-refractivity contribution >= 4 is 21.7 Å². The van der Waals surface area contributed by atoms with Crippen molar-refractivity contribution in [1.29, 1.82) is 0 Å². The molecule has 0 aliphatic carbocycles. The summed E-state index contributed by atoms with van der Waals surface area (Å²) in [4.78, 5) is 8.21. The quantitative estimate of drug-likeness (QED) is 0.780. The third kappa shape index (κ3) is 1.73. The van der Waals surface area contributed by atoms with Crippen molar-refractivity contribution in [2.24, 2.45) is 0 Å². The molecule has 0 saturated carbocycles. The smallest absolute Gasteiger partial charge is 0.146 e. The first-order chi connectivity index (χ1) is 5.84. The molecule has 0 bridgehead atoms. The minimum atomic E-state index is 0.508. The van der Waals surface area contributed by atoms with Gasteiger partial charge in [0.25, 0.3) is 0 Å². The molecule has 2 rings (SSSR count). The molecule has 4 nitrogen and oxygen atoms in total. The van der Waals surface area contributed by atoms with Crippen LogP contribution in [-0.2, 0) is 0 Å². The Hall–Kier alpha value is -0.680. The van der Waals surface area contributed by atoms with E-state index in [2.05, 4.69) is 36.5 Å². The normalized spacial score (nSPS) is 17.1. The van der Waals surface area contributed by atoms with Gasteiger partial charge in [0, 0.05) is 13.1 Å². The minimum Gasteiger partial charge on any atom is -0.363 e. The van der Waals surface area contributed by atoms with Crippen LogP contribution in [0.15, 0.2) is 17.0 Å². The van der Waals surface area contributed by atoms with Crippen LogP contribution in [0.3, 0.4) is 0 Å². The van der Waals surface area contributed by atoms with E-state index in [1.807, 2.05) is 0 Å². The van der Waals surface area contributed by atoms with E-state index in [0.29, 0.717) is 6.04 Å². The van der Waals surface area contributed by atoms with Crippen molar-refractivity contribution in [3.63, 3.8) is 0 Å². The Morgan fingerprint density at radius 3 is 2.92 bits per heavy atom. The fourth-order valence-corrected chi connectivity index (χ4v) is 1.32. The molecule has 64 valence electrons. The van der Waals surface area contributed by atoms with Crippen LogP contribution >= 0.6 is 15.9 Å². The Morgan fingerprint density at radius 2 is 2.33 bits per heavy atom. The summed E-state index contributed by atoms with van der Waals surface area (Å²) in [6.45, 7) is 2.02. The number of nitrogens with zero attached hydrogens (tertiary/aromatic N) is 2. The van der Waals surface area contributed by atoms with E-state index in [1.54, 1.807) is 12.4 Å². The fourth-order valence-electron chi connectivity index (χ4n) is 1.01. The standard InChI is InChI=1S/C7H9BrN4/c8-6-3-10-4-7(12-6)11-5-1-9-2-5/h3-5,9H,1-2H2,(H,11,12). The Bertz CT molecular complexity index is 274. The van der Waals surface area contributed by atoms with E-state index in [1.165, 1.54) is 0 Å². The van der Waals surface area contributed by atoms with Crippen LogP contribution in [0.1, 0.15) is 0 Å². The molecular formula is C7H9BrN4. The van der Waals surface area contributed by atoms with Crippen molar-refractivity contribution in [2.45, 2.75) is 6.04 Å². The highest BCUT2D eigenvalue weighted by Gasteiger charge is 2.16. The van der Waals surface area contributed by atoms with Gasteiger partial charge in [-0.15, -0.1) is 0 Å². The number of rotatable bonds is 2. The lowest BCUT2D eigenvalue weighted by Crippen LogP contribution is -2.51. The number of hydrogen-bond donors (Lipinski definition) is 2. The maximum atomic E-state index is 4.21. The average molecular weight is 229 g/mol. The van der Waals surface area contributed by atoms with Crippen LogP contribution in [0, 0.1) is 0 Å². The Morgan fingerprint density at radius 1 is 1.50 bits per heavy atom. The molecule has 1 fully saturated rings. The third-order valence-electron chi connectivity index (χ3n) is 1.74. The number of anilines is 1. The summed E-state index contributed by atoms with van der Waals surface area (Å²) in [5.41, 5.74) is 0. The first kappa shape index (κ1) is 7.94. The summed E-state index contributed by atoms with van der Waals surface area (Å²) in [5, 5.41) is 6.43. The summed E-state index contributed by atoms with van der Waals surface area (Å²) >= 11 is 3.26. The van der Waals surface area contributed by atoms with Crippen LogP contribution in [0.5, 0.6) is 0 Å². The van der Waals surface area contributed by atoms with Gasteiger partial charge in [0.15, 0.2) is 0 Å². The SMILES string of the molecule is Brc1cncc(NC2CNC2)n1. The zero-order valence-electron chi connectivity index (χ0n) is 6.42. The van der Waals surface area contributed by atoms with Gasteiger partial charge in [0.2, 0.25) is 0 Å². The van der Waals surface area contributed by atoms with Crippen LogP contribution in [0.2, 0.25) is 0 Å². The van der Waals surface area contributed by atoms with Crippen molar-refractivity contribution in [3.05, 3.63) is 17.0 Å². The third-order valence-corrected chi connectivity index (χ3v) is 2.12. The second kappa shape index (κ2) is 3.37. The molecule has 1 aromatic rings. The topological polar surface area (TPSA) is 49.8 Å². The second-order valence-corrected chi connectivity index (χ2v) is 3.54. The molecule has 0 unspecified atom stereocenters. The maximum absolute atomic E-state index is 4.21. The van der Waals surface area contributed by atoms with E-state index >= 15 is 0 Å². The molecular weight excluding hydrogens is 220 g/mol. The number of nitrogens with one attached hydrogen (secondary N) is 2. The summed E-state index contributed by atoms with van der Waals surface area (Å²) in [7, 11) is 0. The van der Waals surface area contributed by atoms with E-state index < -0.39 is 0 Å². The highest BCUT2D eigenvalue weighted by Crippen LogP contribution is 2.09. The Kier molecular flexibility index (Phi) is 2.23. The van der Waals surface area contributed by atoms with E-state index in [4.69, 9.17) is 0 Å². The molecule has 0 radical (unpaired) electrons. The number of aromatic nitrogens is 2.